The van der Waals surface area contributed by atoms with Gasteiger partial charge in [0.2, 0.25) is 0 Å². The van der Waals surface area contributed by atoms with E-state index >= 15 is 0 Å². The smallest absolute Gasteiger partial charge is 0.319 e. The van der Waals surface area contributed by atoms with Gasteiger partial charge in [-0.15, -0.1) is 24.0 Å². The molecule has 0 saturated carbocycles. The molecule has 5 nitrogen and oxygen atoms in total. The van der Waals surface area contributed by atoms with E-state index in [0.717, 1.165) is 10.1 Å². The third kappa shape index (κ3) is 5.77. The SMILES string of the molecule is CN(C)C(=NCc1ccccc1)NCc1nccn1C(F)F.I. The number of benzene rings is 1. The number of hydrogen-bond donors (Lipinski definition) is 1. The largest absolute Gasteiger partial charge is 0.349 e. The van der Waals surface area contributed by atoms with Crippen molar-refractivity contribution in [2.24, 2.45) is 4.99 Å². The molecule has 2 aromatic rings. The van der Waals surface area contributed by atoms with Crippen LogP contribution in [-0.4, -0.2) is 34.5 Å². The molecule has 0 fully saturated rings. The van der Waals surface area contributed by atoms with E-state index in [0.29, 0.717) is 12.5 Å². The van der Waals surface area contributed by atoms with E-state index in [4.69, 9.17) is 0 Å². The summed E-state index contributed by atoms with van der Waals surface area (Å²) in [6.07, 6.45) is 2.62. The van der Waals surface area contributed by atoms with Crippen LogP contribution in [0.1, 0.15) is 17.9 Å². The number of aliphatic imine (C=N–C) groups is 1. The minimum absolute atomic E-state index is 0. The number of halogens is 3. The summed E-state index contributed by atoms with van der Waals surface area (Å²) in [5.74, 6) is 0.886. The molecule has 0 amide bonds. The molecule has 23 heavy (non-hydrogen) atoms. The summed E-state index contributed by atoms with van der Waals surface area (Å²) in [7, 11) is 3.69. The van der Waals surface area contributed by atoms with E-state index < -0.39 is 6.55 Å². The van der Waals surface area contributed by atoms with Crippen LogP contribution >= 0.6 is 24.0 Å². The first-order valence-electron chi connectivity index (χ1n) is 6.87. The summed E-state index contributed by atoms with van der Waals surface area (Å²) in [6.45, 7) is -1.89. The number of rotatable bonds is 5. The Morgan fingerprint density at radius 1 is 1.30 bits per heavy atom. The maximum atomic E-state index is 12.8. The lowest BCUT2D eigenvalue weighted by atomic mass is 10.2. The molecule has 0 aliphatic rings. The van der Waals surface area contributed by atoms with Crippen LogP contribution in [0.3, 0.4) is 0 Å². The Hall–Kier alpha value is -1.71. The first-order valence-corrected chi connectivity index (χ1v) is 6.87. The van der Waals surface area contributed by atoms with Crippen molar-refractivity contribution >= 4 is 29.9 Å². The van der Waals surface area contributed by atoms with Crippen LogP contribution < -0.4 is 5.32 Å². The molecule has 0 radical (unpaired) electrons. The lowest BCUT2D eigenvalue weighted by Gasteiger charge is -2.18. The fraction of sp³-hybridized carbons (Fsp3) is 0.333. The molecule has 1 aromatic carbocycles. The molecule has 2 rings (SSSR count). The van der Waals surface area contributed by atoms with Crippen LogP contribution in [0.15, 0.2) is 47.7 Å². The highest BCUT2D eigenvalue weighted by atomic mass is 127. The monoisotopic (exact) mass is 435 g/mol. The third-order valence-electron chi connectivity index (χ3n) is 3.04. The molecule has 1 N–H and O–H groups in total. The van der Waals surface area contributed by atoms with E-state index in [2.05, 4.69) is 15.3 Å². The van der Waals surface area contributed by atoms with Gasteiger partial charge in [-0.1, -0.05) is 30.3 Å². The molecule has 0 saturated heterocycles. The number of aromatic nitrogens is 2. The molecule has 0 bridgehead atoms. The lowest BCUT2D eigenvalue weighted by Crippen LogP contribution is -2.36. The molecule has 0 spiro atoms. The van der Waals surface area contributed by atoms with Gasteiger partial charge in [-0.25, -0.2) is 9.98 Å². The highest BCUT2D eigenvalue weighted by molar-refractivity contribution is 14.0. The number of alkyl halides is 2. The molecule has 0 atom stereocenters. The maximum absolute atomic E-state index is 12.8. The van der Waals surface area contributed by atoms with Crippen molar-refractivity contribution in [2.45, 2.75) is 19.6 Å². The Morgan fingerprint density at radius 2 is 2.00 bits per heavy atom. The van der Waals surface area contributed by atoms with Gasteiger partial charge < -0.3 is 10.2 Å². The van der Waals surface area contributed by atoms with Crippen molar-refractivity contribution in [1.82, 2.24) is 19.8 Å². The number of guanidine groups is 1. The van der Waals surface area contributed by atoms with E-state index in [1.165, 1.54) is 12.4 Å². The average Bonchev–Trinajstić information content (AvgIpc) is 2.96. The second-order valence-electron chi connectivity index (χ2n) is 4.90. The minimum Gasteiger partial charge on any atom is -0.349 e. The second-order valence-corrected chi connectivity index (χ2v) is 4.90. The molecule has 0 aliphatic carbocycles. The van der Waals surface area contributed by atoms with Crippen LogP contribution in [-0.2, 0) is 13.1 Å². The van der Waals surface area contributed by atoms with E-state index in [-0.39, 0.29) is 36.3 Å². The predicted molar refractivity (Wildman–Crippen MR) is 97.0 cm³/mol. The summed E-state index contributed by atoms with van der Waals surface area (Å²) in [5, 5.41) is 3.05. The summed E-state index contributed by atoms with van der Waals surface area (Å²) in [4.78, 5) is 10.2. The maximum Gasteiger partial charge on any atom is 0.319 e. The molecular weight excluding hydrogens is 415 g/mol. The van der Waals surface area contributed by atoms with E-state index in [1.807, 2.05) is 44.4 Å². The zero-order chi connectivity index (χ0) is 15.9. The Kier molecular flexibility index (Phi) is 7.93. The zero-order valence-corrected chi connectivity index (χ0v) is 15.3. The fourth-order valence-corrected chi connectivity index (χ4v) is 1.92. The molecule has 8 heteroatoms. The lowest BCUT2D eigenvalue weighted by molar-refractivity contribution is 0.0668. The van der Waals surface area contributed by atoms with Crippen molar-refractivity contribution in [3.8, 4) is 0 Å². The zero-order valence-electron chi connectivity index (χ0n) is 13.0. The second kappa shape index (κ2) is 9.43. The first kappa shape index (κ1) is 19.3. The molecule has 1 aromatic heterocycles. The summed E-state index contributed by atoms with van der Waals surface area (Å²) in [5.41, 5.74) is 1.08. The highest BCUT2D eigenvalue weighted by Gasteiger charge is 2.12. The van der Waals surface area contributed by atoms with Gasteiger partial charge in [0.25, 0.3) is 0 Å². The molecule has 0 unspecified atom stereocenters. The Morgan fingerprint density at radius 3 is 2.61 bits per heavy atom. The number of imidazole rings is 1. The van der Waals surface area contributed by atoms with Crippen molar-refractivity contribution < 1.29 is 8.78 Å². The first-order chi connectivity index (χ1) is 10.6. The van der Waals surface area contributed by atoms with Gasteiger partial charge >= 0.3 is 6.55 Å². The van der Waals surface area contributed by atoms with Crippen molar-refractivity contribution in [3.05, 3.63) is 54.1 Å². The van der Waals surface area contributed by atoms with E-state index in [1.54, 1.807) is 4.90 Å². The minimum atomic E-state index is -2.59. The number of nitrogens with one attached hydrogen (secondary N) is 1. The topological polar surface area (TPSA) is 45.4 Å². The Balaban J connectivity index is 0.00000264. The Bertz CT molecular complexity index is 613. The summed E-state index contributed by atoms with van der Waals surface area (Å²) < 4.78 is 26.4. The quantitative estimate of drug-likeness (QED) is 0.446. The van der Waals surface area contributed by atoms with Gasteiger partial charge in [-0.3, -0.25) is 4.57 Å². The Labute approximate surface area is 151 Å². The third-order valence-corrected chi connectivity index (χ3v) is 3.04. The molecule has 1 heterocycles. The fourth-order valence-electron chi connectivity index (χ4n) is 1.92. The normalized spacial score (nSPS) is 11.3. The highest BCUT2D eigenvalue weighted by Crippen LogP contribution is 2.12. The van der Waals surface area contributed by atoms with E-state index in [9.17, 15) is 8.78 Å². The average molecular weight is 435 g/mol. The summed E-state index contributed by atoms with van der Waals surface area (Å²) >= 11 is 0. The van der Waals surface area contributed by atoms with Crippen LogP contribution in [0.2, 0.25) is 0 Å². The van der Waals surface area contributed by atoms with Crippen LogP contribution in [0.4, 0.5) is 8.78 Å². The predicted octanol–water partition coefficient (Wildman–Crippen LogP) is 3.10. The van der Waals surface area contributed by atoms with Gasteiger partial charge in [0.05, 0.1) is 13.1 Å². The molecule has 126 valence electrons. The van der Waals surface area contributed by atoms with Crippen LogP contribution in [0.25, 0.3) is 0 Å². The van der Waals surface area contributed by atoms with Crippen LogP contribution in [0.5, 0.6) is 0 Å². The number of hydrogen-bond acceptors (Lipinski definition) is 2. The standard InChI is InChI=1S/C15H19F2N5.HI/c1-21(2)15(19-10-12-6-4-3-5-7-12)20-11-13-18-8-9-22(13)14(16)17;/h3-9,14H,10-11H2,1-2H3,(H,19,20);1H. The molecule has 0 aliphatic heterocycles. The molecular formula is C15H20F2IN5. The van der Waals surface area contributed by atoms with Crippen molar-refractivity contribution in [2.75, 3.05) is 14.1 Å². The van der Waals surface area contributed by atoms with Gasteiger partial charge in [-0.2, -0.15) is 8.78 Å². The number of nitrogens with zero attached hydrogens (tertiary/aromatic N) is 4. The van der Waals surface area contributed by atoms with Crippen molar-refractivity contribution in [3.63, 3.8) is 0 Å². The van der Waals surface area contributed by atoms with Gasteiger partial charge in [0.1, 0.15) is 5.82 Å². The van der Waals surface area contributed by atoms with Crippen LogP contribution in [0, 0.1) is 0 Å². The van der Waals surface area contributed by atoms with Gasteiger partial charge in [-0.05, 0) is 5.56 Å². The van der Waals surface area contributed by atoms with Gasteiger partial charge in [0, 0.05) is 26.5 Å². The van der Waals surface area contributed by atoms with Crippen molar-refractivity contribution in [1.29, 1.82) is 0 Å². The summed E-state index contributed by atoms with van der Waals surface area (Å²) in [6, 6.07) is 9.82. The van der Waals surface area contributed by atoms with Gasteiger partial charge in [0.15, 0.2) is 5.96 Å².